The van der Waals surface area contributed by atoms with Gasteiger partial charge >= 0.3 is 5.97 Å². The Labute approximate surface area is 146 Å². The van der Waals surface area contributed by atoms with Crippen molar-refractivity contribution in [2.24, 2.45) is 0 Å². The molecule has 1 amide bonds. The number of para-hydroxylation sites is 2. The van der Waals surface area contributed by atoms with Crippen molar-refractivity contribution in [1.29, 1.82) is 0 Å². The average molecular weight is 343 g/mol. The minimum Gasteiger partial charge on any atom is -0.490 e. The van der Waals surface area contributed by atoms with E-state index in [0.29, 0.717) is 30.2 Å². The lowest BCUT2D eigenvalue weighted by Gasteiger charge is -2.11. The molecule has 6 heteroatoms. The largest absolute Gasteiger partial charge is 0.490 e. The van der Waals surface area contributed by atoms with Gasteiger partial charge in [-0.25, -0.2) is 4.79 Å². The Bertz CT molecular complexity index is 712. The summed E-state index contributed by atoms with van der Waals surface area (Å²) >= 11 is 0. The first-order valence-corrected chi connectivity index (χ1v) is 7.92. The zero-order valence-electron chi connectivity index (χ0n) is 14.3. The van der Waals surface area contributed by atoms with Crippen LogP contribution in [-0.4, -0.2) is 32.2 Å². The van der Waals surface area contributed by atoms with Gasteiger partial charge in [0.1, 0.15) is 0 Å². The molecule has 2 aromatic rings. The van der Waals surface area contributed by atoms with Gasteiger partial charge in [0.05, 0.1) is 19.3 Å². The highest BCUT2D eigenvalue weighted by molar-refractivity contribution is 5.89. The minimum absolute atomic E-state index is 0.107. The number of rotatable bonds is 8. The molecule has 1 N–H and O–H groups in total. The van der Waals surface area contributed by atoms with Crippen LogP contribution in [0.25, 0.3) is 0 Å². The molecule has 0 saturated heterocycles. The van der Waals surface area contributed by atoms with Gasteiger partial charge in [0.2, 0.25) is 0 Å². The van der Waals surface area contributed by atoms with Crippen LogP contribution in [0, 0.1) is 0 Å². The minimum atomic E-state index is -0.392. The van der Waals surface area contributed by atoms with Crippen molar-refractivity contribution in [2.75, 3.05) is 20.3 Å². The van der Waals surface area contributed by atoms with Crippen molar-refractivity contribution in [2.45, 2.75) is 13.5 Å². The number of hydrogen-bond donors (Lipinski definition) is 1. The van der Waals surface area contributed by atoms with Crippen LogP contribution in [0.4, 0.5) is 0 Å². The zero-order chi connectivity index (χ0) is 18.1. The van der Waals surface area contributed by atoms with Gasteiger partial charge < -0.3 is 19.5 Å². The van der Waals surface area contributed by atoms with E-state index in [1.54, 1.807) is 36.4 Å². The first-order chi connectivity index (χ1) is 12.1. The molecular formula is C19H21NO5. The van der Waals surface area contributed by atoms with Crippen LogP contribution in [-0.2, 0) is 16.1 Å². The summed E-state index contributed by atoms with van der Waals surface area (Å²) in [5.41, 5.74) is 1.34. The monoisotopic (exact) mass is 343 g/mol. The lowest BCUT2D eigenvalue weighted by Crippen LogP contribution is -2.28. The third kappa shape index (κ3) is 5.53. The van der Waals surface area contributed by atoms with E-state index in [-0.39, 0.29) is 12.5 Å². The maximum absolute atomic E-state index is 11.9. The first kappa shape index (κ1) is 18.3. The molecule has 0 aliphatic heterocycles. The van der Waals surface area contributed by atoms with Gasteiger partial charge in [-0.3, -0.25) is 4.79 Å². The summed E-state index contributed by atoms with van der Waals surface area (Å²) in [5.74, 6) is 0.499. The number of amides is 1. The molecule has 0 aromatic heterocycles. The maximum atomic E-state index is 11.9. The van der Waals surface area contributed by atoms with Crippen molar-refractivity contribution in [3.8, 4) is 11.5 Å². The second-order valence-electron chi connectivity index (χ2n) is 5.13. The van der Waals surface area contributed by atoms with Crippen LogP contribution in [0.1, 0.15) is 22.8 Å². The molecule has 0 radical (unpaired) electrons. The van der Waals surface area contributed by atoms with Gasteiger partial charge in [-0.05, 0) is 36.8 Å². The van der Waals surface area contributed by atoms with Gasteiger partial charge in [0, 0.05) is 6.54 Å². The van der Waals surface area contributed by atoms with Gasteiger partial charge in [-0.2, -0.15) is 0 Å². The Morgan fingerprint density at radius 1 is 0.960 bits per heavy atom. The van der Waals surface area contributed by atoms with E-state index in [1.165, 1.54) is 7.11 Å². The Balaban J connectivity index is 1.82. The third-order valence-corrected chi connectivity index (χ3v) is 3.37. The second-order valence-corrected chi connectivity index (χ2v) is 5.13. The smallest absolute Gasteiger partial charge is 0.337 e. The van der Waals surface area contributed by atoms with Crippen LogP contribution in [0.3, 0.4) is 0 Å². The average Bonchev–Trinajstić information content (AvgIpc) is 2.65. The summed E-state index contributed by atoms with van der Waals surface area (Å²) in [6.07, 6.45) is 0. The quantitative estimate of drug-likeness (QED) is 0.746. The van der Waals surface area contributed by atoms with E-state index in [2.05, 4.69) is 10.1 Å². The highest BCUT2D eigenvalue weighted by Gasteiger charge is 2.08. The first-order valence-electron chi connectivity index (χ1n) is 7.92. The molecular weight excluding hydrogens is 322 g/mol. The highest BCUT2D eigenvalue weighted by atomic mass is 16.5. The van der Waals surface area contributed by atoms with Gasteiger partial charge in [0.15, 0.2) is 18.1 Å². The van der Waals surface area contributed by atoms with Gasteiger partial charge in [0.25, 0.3) is 5.91 Å². The summed E-state index contributed by atoms with van der Waals surface area (Å²) in [7, 11) is 1.33. The number of hydrogen-bond acceptors (Lipinski definition) is 5. The Hall–Kier alpha value is -3.02. The molecule has 0 unspecified atom stereocenters. The lowest BCUT2D eigenvalue weighted by atomic mass is 10.1. The van der Waals surface area contributed by atoms with Crippen molar-refractivity contribution >= 4 is 11.9 Å². The Kier molecular flexibility index (Phi) is 6.83. The normalized spacial score (nSPS) is 10.0. The van der Waals surface area contributed by atoms with Crippen LogP contribution in [0.2, 0.25) is 0 Å². The third-order valence-electron chi connectivity index (χ3n) is 3.37. The molecule has 2 aromatic carbocycles. The summed E-state index contributed by atoms with van der Waals surface area (Å²) in [6.45, 7) is 2.64. The van der Waals surface area contributed by atoms with E-state index < -0.39 is 5.97 Å². The van der Waals surface area contributed by atoms with Crippen molar-refractivity contribution in [3.05, 3.63) is 59.7 Å². The van der Waals surface area contributed by atoms with Crippen LogP contribution in [0.15, 0.2) is 48.5 Å². The number of nitrogens with one attached hydrogen (secondary N) is 1. The van der Waals surface area contributed by atoms with Gasteiger partial charge in [-0.1, -0.05) is 24.3 Å². The van der Waals surface area contributed by atoms with E-state index >= 15 is 0 Å². The zero-order valence-corrected chi connectivity index (χ0v) is 14.3. The molecule has 0 aliphatic carbocycles. The van der Waals surface area contributed by atoms with Crippen molar-refractivity contribution in [1.82, 2.24) is 5.32 Å². The number of benzene rings is 2. The maximum Gasteiger partial charge on any atom is 0.337 e. The molecule has 6 nitrogen and oxygen atoms in total. The van der Waals surface area contributed by atoms with Gasteiger partial charge in [-0.15, -0.1) is 0 Å². The SMILES string of the molecule is CCOc1ccccc1OCC(=O)NCc1ccc(C(=O)OC)cc1. The number of carbonyl (C=O) groups is 2. The molecule has 132 valence electrons. The van der Waals surface area contributed by atoms with Crippen molar-refractivity contribution < 1.29 is 23.8 Å². The predicted octanol–water partition coefficient (Wildman–Crippen LogP) is 2.57. The fourth-order valence-corrected chi connectivity index (χ4v) is 2.12. The lowest BCUT2D eigenvalue weighted by molar-refractivity contribution is -0.123. The summed E-state index contributed by atoms with van der Waals surface area (Å²) < 4.78 is 15.6. The predicted molar refractivity (Wildman–Crippen MR) is 92.7 cm³/mol. The molecule has 0 aliphatic rings. The van der Waals surface area contributed by atoms with Crippen LogP contribution < -0.4 is 14.8 Å². The van der Waals surface area contributed by atoms with E-state index in [4.69, 9.17) is 9.47 Å². The Morgan fingerprint density at radius 2 is 1.60 bits per heavy atom. The second kappa shape index (κ2) is 9.32. The van der Waals surface area contributed by atoms with Crippen molar-refractivity contribution in [3.63, 3.8) is 0 Å². The molecule has 0 saturated carbocycles. The number of carbonyl (C=O) groups excluding carboxylic acids is 2. The number of ether oxygens (including phenoxy) is 3. The molecule has 25 heavy (non-hydrogen) atoms. The van der Waals surface area contributed by atoms with Crippen LogP contribution >= 0.6 is 0 Å². The fourth-order valence-electron chi connectivity index (χ4n) is 2.12. The molecule has 0 atom stereocenters. The highest BCUT2D eigenvalue weighted by Crippen LogP contribution is 2.26. The summed E-state index contributed by atoms with van der Waals surface area (Å²) in [5, 5.41) is 2.76. The molecule has 0 fully saturated rings. The number of esters is 1. The van der Waals surface area contributed by atoms with E-state index in [1.807, 2.05) is 19.1 Å². The fraction of sp³-hybridized carbons (Fsp3) is 0.263. The van der Waals surface area contributed by atoms with E-state index in [9.17, 15) is 9.59 Å². The molecule has 0 heterocycles. The van der Waals surface area contributed by atoms with E-state index in [0.717, 1.165) is 5.56 Å². The summed E-state index contributed by atoms with van der Waals surface area (Å²) in [4.78, 5) is 23.3. The van der Waals surface area contributed by atoms with Crippen LogP contribution in [0.5, 0.6) is 11.5 Å². The Morgan fingerprint density at radius 3 is 2.20 bits per heavy atom. The molecule has 0 spiro atoms. The molecule has 0 bridgehead atoms. The standard InChI is InChI=1S/C19H21NO5/c1-3-24-16-6-4-5-7-17(16)25-13-18(21)20-12-14-8-10-15(11-9-14)19(22)23-2/h4-11H,3,12-13H2,1-2H3,(H,20,21). The summed E-state index contributed by atoms with van der Waals surface area (Å²) in [6, 6.07) is 14.0. The molecule has 2 rings (SSSR count). The topological polar surface area (TPSA) is 73.9 Å². The number of methoxy groups -OCH3 is 1.